The number of pyridine rings is 1. The number of rotatable bonds is 2. The molecular formula is C16H23N5. The topological polar surface area (TPSA) is 94.2 Å². The van der Waals surface area contributed by atoms with Crippen molar-refractivity contribution in [1.29, 1.82) is 0 Å². The number of hydrogen-bond donors (Lipinski definition) is 3. The van der Waals surface area contributed by atoms with Crippen LogP contribution >= 0.6 is 0 Å². The zero-order valence-corrected chi connectivity index (χ0v) is 12.4. The van der Waals surface area contributed by atoms with E-state index < -0.39 is 6.17 Å². The average molecular weight is 285 g/mol. The van der Waals surface area contributed by atoms with Gasteiger partial charge in [-0.3, -0.25) is 0 Å². The van der Waals surface area contributed by atoms with Gasteiger partial charge in [0.05, 0.1) is 11.7 Å². The number of fused-ring (bicyclic) bond motifs is 1. The second-order valence-corrected chi connectivity index (χ2v) is 5.95. The minimum atomic E-state index is -0.520. The van der Waals surface area contributed by atoms with E-state index in [1.54, 1.807) is 0 Å². The second-order valence-electron chi connectivity index (χ2n) is 5.95. The van der Waals surface area contributed by atoms with Crippen LogP contribution in [0.3, 0.4) is 0 Å². The van der Waals surface area contributed by atoms with Crippen molar-refractivity contribution < 1.29 is 0 Å². The predicted molar refractivity (Wildman–Crippen MR) is 87.0 cm³/mol. The lowest BCUT2D eigenvalue weighted by Crippen LogP contribution is -2.41. The van der Waals surface area contributed by atoms with E-state index in [9.17, 15) is 0 Å². The number of benzene rings is 1. The summed E-state index contributed by atoms with van der Waals surface area (Å²) in [6, 6.07) is 8.61. The van der Waals surface area contributed by atoms with E-state index in [4.69, 9.17) is 22.2 Å². The molecule has 112 valence electrons. The van der Waals surface area contributed by atoms with Crippen molar-refractivity contribution in [3.63, 3.8) is 0 Å². The van der Waals surface area contributed by atoms with Gasteiger partial charge >= 0.3 is 0 Å². The maximum atomic E-state index is 5.98. The van der Waals surface area contributed by atoms with Crippen LogP contribution in [0.2, 0.25) is 0 Å². The molecule has 1 fully saturated rings. The lowest BCUT2D eigenvalue weighted by Gasteiger charge is -2.33. The predicted octanol–water partition coefficient (Wildman–Crippen LogP) is 1.39. The van der Waals surface area contributed by atoms with E-state index >= 15 is 0 Å². The largest absolute Gasteiger partial charge is 0.356 e. The van der Waals surface area contributed by atoms with Crippen molar-refractivity contribution in [3.8, 4) is 0 Å². The molecule has 1 aliphatic heterocycles. The molecule has 1 aliphatic rings. The first kappa shape index (κ1) is 14.3. The Hall–Kier alpha value is -1.69. The maximum Gasteiger partial charge on any atom is 0.135 e. The Morgan fingerprint density at radius 3 is 2.57 bits per heavy atom. The molecule has 0 saturated carbocycles. The van der Waals surface area contributed by atoms with Crippen molar-refractivity contribution in [3.05, 3.63) is 35.4 Å². The van der Waals surface area contributed by atoms with Crippen LogP contribution in [-0.4, -0.2) is 24.1 Å². The van der Waals surface area contributed by atoms with Crippen LogP contribution in [0.15, 0.2) is 24.3 Å². The van der Waals surface area contributed by atoms with Gasteiger partial charge in [-0.2, -0.15) is 0 Å². The Bertz CT molecular complexity index is 644. The second kappa shape index (κ2) is 5.60. The number of aryl methyl sites for hydroxylation is 1. The van der Waals surface area contributed by atoms with Gasteiger partial charge in [-0.1, -0.05) is 11.6 Å². The van der Waals surface area contributed by atoms with E-state index in [0.717, 1.165) is 48.2 Å². The molecule has 1 saturated heterocycles. The quantitative estimate of drug-likeness (QED) is 0.725. The minimum Gasteiger partial charge on any atom is -0.356 e. The molecule has 5 nitrogen and oxygen atoms in total. The molecule has 5 heteroatoms. The fourth-order valence-electron chi connectivity index (χ4n) is 2.91. The molecule has 2 heterocycles. The summed E-state index contributed by atoms with van der Waals surface area (Å²) in [4.78, 5) is 7.07. The van der Waals surface area contributed by atoms with E-state index in [1.165, 1.54) is 5.56 Å². The van der Waals surface area contributed by atoms with Gasteiger partial charge < -0.3 is 22.1 Å². The van der Waals surface area contributed by atoms with E-state index in [0.29, 0.717) is 6.04 Å². The number of anilines is 1. The summed E-state index contributed by atoms with van der Waals surface area (Å²) in [5.74, 6) is 0.910. The molecule has 0 bridgehead atoms. The molecule has 0 amide bonds. The average Bonchev–Trinajstić information content (AvgIpc) is 2.46. The number of piperidine rings is 1. The number of nitrogens with two attached hydrogens (primary N) is 3. The third kappa shape index (κ3) is 2.85. The molecule has 0 aliphatic carbocycles. The van der Waals surface area contributed by atoms with Gasteiger partial charge in [-0.15, -0.1) is 0 Å². The minimum absolute atomic E-state index is 0.291. The lowest BCUT2D eigenvalue weighted by atomic mass is 10.0. The van der Waals surface area contributed by atoms with Crippen LogP contribution in [0.1, 0.15) is 30.1 Å². The summed E-state index contributed by atoms with van der Waals surface area (Å²) >= 11 is 0. The summed E-state index contributed by atoms with van der Waals surface area (Å²) in [6.07, 6.45) is 1.44. The van der Waals surface area contributed by atoms with Gasteiger partial charge in [0.15, 0.2) is 0 Å². The molecule has 1 aromatic heterocycles. The van der Waals surface area contributed by atoms with Crippen LogP contribution in [0.4, 0.5) is 5.82 Å². The van der Waals surface area contributed by atoms with Gasteiger partial charge in [-0.25, -0.2) is 4.98 Å². The molecule has 0 radical (unpaired) electrons. The molecular weight excluding hydrogens is 262 g/mol. The van der Waals surface area contributed by atoms with Crippen LogP contribution in [0.25, 0.3) is 10.9 Å². The van der Waals surface area contributed by atoms with Crippen molar-refractivity contribution in [2.75, 3.05) is 18.0 Å². The summed E-state index contributed by atoms with van der Waals surface area (Å²) in [5, 5.41) is 1.09. The van der Waals surface area contributed by atoms with Crippen molar-refractivity contribution in [1.82, 2.24) is 4.98 Å². The molecule has 0 atom stereocenters. The zero-order chi connectivity index (χ0) is 15.0. The summed E-state index contributed by atoms with van der Waals surface area (Å²) < 4.78 is 0. The first-order chi connectivity index (χ1) is 10.0. The van der Waals surface area contributed by atoms with Crippen molar-refractivity contribution >= 4 is 16.7 Å². The molecule has 0 spiro atoms. The van der Waals surface area contributed by atoms with Crippen LogP contribution in [0, 0.1) is 6.92 Å². The van der Waals surface area contributed by atoms with Gasteiger partial charge in [0.2, 0.25) is 0 Å². The maximum absolute atomic E-state index is 5.98. The van der Waals surface area contributed by atoms with Gasteiger partial charge in [0.1, 0.15) is 5.82 Å². The molecule has 1 aromatic carbocycles. The highest BCUT2D eigenvalue weighted by Gasteiger charge is 2.21. The third-order valence-electron chi connectivity index (χ3n) is 4.18. The number of nitrogens with zero attached hydrogens (tertiary/aromatic N) is 2. The number of hydrogen-bond acceptors (Lipinski definition) is 5. The Morgan fingerprint density at radius 2 is 1.90 bits per heavy atom. The Morgan fingerprint density at radius 1 is 1.19 bits per heavy atom. The van der Waals surface area contributed by atoms with Crippen molar-refractivity contribution in [2.45, 2.75) is 32.0 Å². The SMILES string of the molecule is Cc1ccc2nc(N3CCC(N)CC3)c(C(N)N)cc2c1. The monoisotopic (exact) mass is 285 g/mol. The fraction of sp³-hybridized carbons (Fsp3) is 0.438. The Kier molecular flexibility index (Phi) is 3.80. The highest BCUT2D eigenvalue weighted by Crippen LogP contribution is 2.28. The lowest BCUT2D eigenvalue weighted by molar-refractivity contribution is 0.497. The van der Waals surface area contributed by atoms with E-state index in [2.05, 4.69) is 36.1 Å². The third-order valence-corrected chi connectivity index (χ3v) is 4.18. The van der Waals surface area contributed by atoms with Crippen LogP contribution in [0.5, 0.6) is 0 Å². The zero-order valence-electron chi connectivity index (χ0n) is 12.4. The van der Waals surface area contributed by atoms with Gasteiger partial charge in [0, 0.05) is 30.1 Å². The summed E-state index contributed by atoms with van der Waals surface area (Å²) in [7, 11) is 0. The Balaban J connectivity index is 2.07. The van der Waals surface area contributed by atoms with E-state index in [1.807, 2.05) is 0 Å². The fourth-order valence-corrected chi connectivity index (χ4v) is 2.91. The van der Waals surface area contributed by atoms with Crippen LogP contribution < -0.4 is 22.1 Å². The summed E-state index contributed by atoms with van der Waals surface area (Å²) in [5.41, 5.74) is 21.0. The highest BCUT2D eigenvalue weighted by atomic mass is 15.2. The van der Waals surface area contributed by atoms with Gasteiger partial charge in [-0.05, 0) is 38.0 Å². The van der Waals surface area contributed by atoms with Crippen molar-refractivity contribution in [2.24, 2.45) is 17.2 Å². The first-order valence-electron chi connectivity index (χ1n) is 7.47. The molecule has 2 aromatic rings. The van der Waals surface area contributed by atoms with Crippen LogP contribution in [-0.2, 0) is 0 Å². The Labute approximate surface area is 125 Å². The smallest absolute Gasteiger partial charge is 0.135 e. The molecule has 0 unspecified atom stereocenters. The first-order valence-corrected chi connectivity index (χ1v) is 7.47. The molecule has 21 heavy (non-hydrogen) atoms. The summed E-state index contributed by atoms with van der Waals surface area (Å²) in [6.45, 7) is 3.89. The van der Waals surface area contributed by atoms with E-state index in [-0.39, 0.29) is 0 Å². The highest BCUT2D eigenvalue weighted by molar-refractivity contribution is 5.82. The molecule has 6 N–H and O–H groups in total. The normalized spacial score (nSPS) is 16.9. The standard InChI is InChI=1S/C16H23N5/c1-10-2-3-14-11(8-10)9-13(15(18)19)16(20-14)21-6-4-12(17)5-7-21/h2-3,8-9,12,15H,4-7,17-19H2,1H3. The number of aromatic nitrogens is 1. The van der Waals surface area contributed by atoms with Gasteiger partial charge in [0.25, 0.3) is 0 Å². The molecule has 3 rings (SSSR count).